The lowest BCUT2D eigenvalue weighted by atomic mass is 10.1. The number of para-hydroxylation sites is 1. The second-order valence-corrected chi connectivity index (χ2v) is 5.61. The fourth-order valence-corrected chi connectivity index (χ4v) is 2.81. The van der Waals surface area contributed by atoms with Gasteiger partial charge in [0.25, 0.3) is 0 Å². The average molecular weight is 318 g/mol. The van der Waals surface area contributed by atoms with Gasteiger partial charge in [0.15, 0.2) is 0 Å². The van der Waals surface area contributed by atoms with E-state index in [0.717, 1.165) is 36.5 Å². The third-order valence-corrected chi connectivity index (χ3v) is 4.06. The Morgan fingerprint density at radius 3 is 2.26 bits per heavy atom. The lowest BCUT2D eigenvalue weighted by Gasteiger charge is -2.15. The smallest absolute Gasteiger partial charge is 0.133 e. The zero-order chi connectivity index (χ0) is 13.1. The average Bonchev–Trinajstić information content (AvgIpc) is 2.83. The number of fused-ring (bicyclic) bond motifs is 1. The number of hydrogen-bond donors (Lipinski definition) is 0. The molecule has 3 heteroatoms. The summed E-state index contributed by atoms with van der Waals surface area (Å²) in [5, 5.41) is 0. The van der Waals surface area contributed by atoms with Crippen LogP contribution < -0.4 is 4.74 Å². The third kappa shape index (κ3) is 2.99. The Hall–Kier alpha value is -1.32. The Balaban J connectivity index is 1.51. The normalized spacial score (nSPS) is 14.4. The van der Waals surface area contributed by atoms with E-state index in [1.165, 1.54) is 11.1 Å². The monoisotopic (exact) mass is 317 g/mol. The van der Waals surface area contributed by atoms with Crippen molar-refractivity contribution in [2.45, 2.75) is 13.1 Å². The van der Waals surface area contributed by atoms with Crippen LogP contribution in [-0.4, -0.2) is 18.1 Å². The zero-order valence-corrected chi connectivity index (χ0v) is 12.3. The number of rotatable bonds is 4. The first-order valence-electron chi connectivity index (χ1n) is 6.49. The number of halogens is 1. The fourth-order valence-electron chi connectivity index (χ4n) is 2.41. The van der Waals surface area contributed by atoms with E-state index >= 15 is 0 Å². The van der Waals surface area contributed by atoms with E-state index in [4.69, 9.17) is 4.74 Å². The molecule has 2 aromatic carbocycles. The molecule has 1 aliphatic heterocycles. The minimum atomic E-state index is 0.719. The molecule has 0 N–H and O–H groups in total. The minimum absolute atomic E-state index is 0.719. The van der Waals surface area contributed by atoms with Gasteiger partial charge in [-0.25, -0.2) is 0 Å². The fraction of sp³-hybridized carbons (Fsp3) is 0.250. The number of ether oxygens (including phenoxy) is 1. The van der Waals surface area contributed by atoms with Crippen LogP contribution in [0.5, 0.6) is 5.75 Å². The van der Waals surface area contributed by atoms with Crippen LogP contribution in [0, 0.1) is 0 Å². The van der Waals surface area contributed by atoms with Crippen LogP contribution in [0.4, 0.5) is 0 Å². The van der Waals surface area contributed by atoms with E-state index in [2.05, 4.69) is 45.1 Å². The number of nitrogens with zero attached hydrogens (tertiary/aromatic N) is 1. The number of benzene rings is 2. The molecule has 0 saturated heterocycles. The van der Waals surface area contributed by atoms with Gasteiger partial charge in [0, 0.05) is 19.6 Å². The zero-order valence-electron chi connectivity index (χ0n) is 10.7. The molecule has 3 rings (SSSR count). The molecular formula is C16H16BrNO. The van der Waals surface area contributed by atoms with Gasteiger partial charge in [-0.3, -0.25) is 4.90 Å². The maximum atomic E-state index is 5.81. The Kier molecular flexibility index (Phi) is 3.85. The first-order chi connectivity index (χ1) is 9.33. The number of hydrogen-bond acceptors (Lipinski definition) is 2. The van der Waals surface area contributed by atoms with Crippen molar-refractivity contribution in [3.8, 4) is 5.75 Å². The summed E-state index contributed by atoms with van der Waals surface area (Å²) in [6, 6.07) is 16.6. The Bertz CT molecular complexity index is 545. The van der Waals surface area contributed by atoms with Gasteiger partial charge in [-0.1, -0.05) is 36.4 Å². The summed E-state index contributed by atoms with van der Waals surface area (Å²) in [5.41, 5.74) is 2.90. The molecule has 0 spiro atoms. The summed E-state index contributed by atoms with van der Waals surface area (Å²) in [6.45, 7) is 3.75. The Morgan fingerprint density at radius 2 is 1.58 bits per heavy atom. The molecule has 2 nitrogen and oxygen atoms in total. The Morgan fingerprint density at radius 1 is 0.947 bits per heavy atom. The van der Waals surface area contributed by atoms with Crippen molar-refractivity contribution >= 4 is 15.9 Å². The third-order valence-electron chi connectivity index (χ3n) is 3.41. The van der Waals surface area contributed by atoms with E-state index in [1.54, 1.807) is 0 Å². The summed E-state index contributed by atoms with van der Waals surface area (Å²) in [4.78, 5) is 2.42. The van der Waals surface area contributed by atoms with Crippen LogP contribution in [0.15, 0.2) is 53.0 Å². The van der Waals surface area contributed by atoms with E-state index in [0.29, 0.717) is 0 Å². The summed E-state index contributed by atoms with van der Waals surface area (Å²) in [5.74, 6) is 0.916. The van der Waals surface area contributed by atoms with Crippen LogP contribution in [0.2, 0.25) is 0 Å². The summed E-state index contributed by atoms with van der Waals surface area (Å²) in [6.07, 6.45) is 0. The molecule has 0 bridgehead atoms. The van der Waals surface area contributed by atoms with E-state index in [-0.39, 0.29) is 0 Å². The van der Waals surface area contributed by atoms with Crippen molar-refractivity contribution in [1.29, 1.82) is 0 Å². The lowest BCUT2D eigenvalue weighted by molar-refractivity contribution is 0.210. The highest BCUT2D eigenvalue weighted by molar-refractivity contribution is 9.10. The first kappa shape index (κ1) is 12.7. The van der Waals surface area contributed by atoms with Gasteiger partial charge in [0.2, 0.25) is 0 Å². The van der Waals surface area contributed by atoms with E-state index < -0.39 is 0 Å². The van der Waals surface area contributed by atoms with Crippen LogP contribution in [0.1, 0.15) is 11.1 Å². The van der Waals surface area contributed by atoms with Crippen LogP contribution in [0.3, 0.4) is 0 Å². The quantitative estimate of drug-likeness (QED) is 0.849. The molecule has 98 valence electrons. The van der Waals surface area contributed by atoms with Gasteiger partial charge in [0.1, 0.15) is 12.4 Å². The van der Waals surface area contributed by atoms with E-state index in [9.17, 15) is 0 Å². The molecule has 1 heterocycles. The van der Waals surface area contributed by atoms with Crippen LogP contribution in [-0.2, 0) is 13.1 Å². The highest BCUT2D eigenvalue weighted by Crippen LogP contribution is 2.24. The topological polar surface area (TPSA) is 12.5 Å². The molecule has 0 saturated carbocycles. The minimum Gasteiger partial charge on any atom is -0.491 e. The van der Waals surface area contributed by atoms with Gasteiger partial charge < -0.3 is 4.74 Å². The Labute approximate surface area is 122 Å². The lowest BCUT2D eigenvalue weighted by Crippen LogP contribution is -2.22. The van der Waals surface area contributed by atoms with Gasteiger partial charge in [-0.2, -0.15) is 0 Å². The highest BCUT2D eigenvalue weighted by atomic mass is 79.9. The maximum absolute atomic E-state index is 5.81. The highest BCUT2D eigenvalue weighted by Gasteiger charge is 2.17. The standard InChI is InChI=1S/C16H16BrNO/c17-15-7-3-4-8-16(15)19-10-9-18-11-13-5-1-2-6-14(13)12-18/h1-8H,9-12H2. The van der Waals surface area contributed by atoms with Crippen molar-refractivity contribution in [2.75, 3.05) is 13.2 Å². The maximum Gasteiger partial charge on any atom is 0.133 e. The predicted octanol–water partition coefficient (Wildman–Crippen LogP) is 3.84. The molecule has 0 aromatic heterocycles. The molecule has 0 unspecified atom stereocenters. The van der Waals surface area contributed by atoms with Crippen molar-refractivity contribution in [2.24, 2.45) is 0 Å². The molecule has 1 aliphatic rings. The van der Waals surface area contributed by atoms with Gasteiger partial charge in [-0.15, -0.1) is 0 Å². The second kappa shape index (κ2) is 5.76. The molecule has 2 aromatic rings. The molecule has 0 radical (unpaired) electrons. The largest absolute Gasteiger partial charge is 0.491 e. The molecular weight excluding hydrogens is 302 g/mol. The van der Waals surface area contributed by atoms with Crippen molar-refractivity contribution < 1.29 is 4.74 Å². The molecule has 0 aliphatic carbocycles. The first-order valence-corrected chi connectivity index (χ1v) is 7.29. The molecule has 0 fully saturated rings. The van der Waals surface area contributed by atoms with Crippen LogP contribution >= 0.6 is 15.9 Å². The van der Waals surface area contributed by atoms with Gasteiger partial charge >= 0.3 is 0 Å². The van der Waals surface area contributed by atoms with Crippen molar-refractivity contribution in [3.05, 3.63) is 64.1 Å². The van der Waals surface area contributed by atoms with Crippen LogP contribution in [0.25, 0.3) is 0 Å². The predicted molar refractivity (Wildman–Crippen MR) is 80.2 cm³/mol. The SMILES string of the molecule is Brc1ccccc1OCCN1Cc2ccccc2C1. The van der Waals surface area contributed by atoms with Crippen molar-refractivity contribution in [1.82, 2.24) is 4.90 Å². The summed E-state index contributed by atoms with van der Waals surface area (Å²) in [7, 11) is 0. The summed E-state index contributed by atoms with van der Waals surface area (Å²) >= 11 is 3.49. The van der Waals surface area contributed by atoms with Gasteiger partial charge in [-0.05, 0) is 39.2 Å². The van der Waals surface area contributed by atoms with E-state index in [1.807, 2.05) is 24.3 Å². The molecule has 0 atom stereocenters. The van der Waals surface area contributed by atoms with Crippen molar-refractivity contribution in [3.63, 3.8) is 0 Å². The second-order valence-electron chi connectivity index (χ2n) is 4.76. The van der Waals surface area contributed by atoms with Gasteiger partial charge in [0.05, 0.1) is 4.47 Å². The molecule has 0 amide bonds. The molecule has 19 heavy (non-hydrogen) atoms. The summed E-state index contributed by atoms with van der Waals surface area (Å²) < 4.78 is 6.82.